The van der Waals surface area contributed by atoms with E-state index in [4.69, 9.17) is 25.7 Å². The average Bonchev–Trinajstić information content (AvgIpc) is 1.94. The Labute approximate surface area is 610 Å². The Kier molecular flexibility index (Phi) is 43.0. The number of pyridine rings is 4. The van der Waals surface area contributed by atoms with E-state index in [0.717, 1.165) is 34.2 Å². The van der Waals surface area contributed by atoms with Gasteiger partial charge in [-0.1, -0.05) is 238 Å². The fraction of sp³-hybridized carbons (Fsp3) is 0.421. The topological polar surface area (TPSA) is 155 Å². The Hall–Kier alpha value is -6.19. The number of nitrogens with zero attached hydrogens (tertiary/aromatic N) is 12. The smallest absolute Gasteiger partial charge is 0.204 e. The zero-order chi connectivity index (χ0) is 67.2. The van der Waals surface area contributed by atoms with Gasteiger partial charge < -0.3 is 24.9 Å². The molecule has 0 unspecified atom stereocenters. The molecule has 0 aliphatic carbocycles. The molecule has 8 aromatic heterocycles. The molecule has 0 aliphatic heterocycles. The number of aromatic nitrogens is 12. The van der Waals surface area contributed by atoms with E-state index in [1.54, 1.807) is 43.2 Å². The maximum atomic E-state index is 5.25. The van der Waals surface area contributed by atoms with Gasteiger partial charge in [0.2, 0.25) is 5.82 Å². The van der Waals surface area contributed by atoms with Gasteiger partial charge in [0.25, 0.3) is 0 Å². The van der Waals surface area contributed by atoms with Gasteiger partial charge in [-0.25, -0.2) is 34.9 Å². The summed E-state index contributed by atoms with van der Waals surface area (Å²) >= 11 is 0. The van der Waals surface area contributed by atoms with Gasteiger partial charge in [-0.05, 0) is 63.5 Å². The van der Waals surface area contributed by atoms with Crippen LogP contribution in [-0.2, 0) is 125 Å². The van der Waals surface area contributed by atoms with Crippen molar-refractivity contribution >= 4 is 0 Å². The maximum Gasteiger partial charge on any atom is 0.204 e. The van der Waals surface area contributed by atoms with Crippen LogP contribution in [-0.4, -0.2) is 59.8 Å². The molecule has 8 rings (SSSR count). The van der Waals surface area contributed by atoms with Crippen LogP contribution in [0.2, 0.25) is 0 Å². The second kappa shape index (κ2) is 42.9. The minimum absolute atomic E-state index is 0. The molecule has 16 heteroatoms. The molecule has 8 aromatic rings. The van der Waals surface area contributed by atoms with E-state index in [-0.39, 0.29) is 125 Å². The van der Waals surface area contributed by atoms with Gasteiger partial charge in [-0.3, -0.25) is 0 Å². The van der Waals surface area contributed by atoms with Gasteiger partial charge in [0.1, 0.15) is 29.2 Å². The third-order valence-corrected chi connectivity index (χ3v) is 12.0. The predicted octanol–water partition coefficient (Wildman–Crippen LogP) is 15.7. The minimum atomic E-state index is -0.0349. The van der Waals surface area contributed by atoms with Gasteiger partial charge in [0, 0.05) is 123 Å². The predicted molar refractivity (Wildman–Crippen MR) is 362 cm³/mol. The largest absolute Gasteiger partial charge is 0.394 e. The minimum Gasteiger partial charge on any atom is -0.394 e. The number of hydrogen-bond donors (Lipinski definition) is 0. The van der Waals surface area contributed by atoms with Crippen molar-refractivity contribution in [3.63, 3.8) is 0 Å². The van der Waals surface area contributed by atoms with Crippen LogP contribution in [0.3, 0.4) is 0 Å². The molecule has 12 nitrogen and oxygen atoms in total. The molecule has 0 N–H and O–H groups in total. The standard InChI is InChI=1S/C11H13N.3C10H12N2.3C9H12N.C8H11N2.4Re/c1-5-10-8-9(6-7-12-10)11(2,3)4;1-5-8-6-9(10(2,3)4)12-7-11-8;1-5-9-11-7-6-8(12-9)10(2,3)4;1-5-8-6-7-11-9(12-8)10(2,3)4;1-9(2,3)8-4-6-10-7-5-8;1-9(2,3)8-5-4-6-10-7-8;1-9(2,3)8-6-4-5-7-10-8;1-8(2,3)7-4-5-9-6-10-7;;;;/h1,6-8H,2-4H3;3*1,6-7H,2-4H3;3*4-6H,1-3H3;4-5H,1-3H3;;;;/q;;;;4*-1;;;;. The van der Waals surface area contributed by atoms with E-state index >= 15 is 0 Å². The summed E-state index contributed by atoms with van der Waals surface area (Å²) in [5.41, 5.74) is 10.6. The van der Waals surface area contributed by atoms with Gasteiger partial charge >= 0.3 is 0 Å². The van der Waals surface area contributed by atoms with Crippen molar-refractivity contribution in [3.05, 3.63) is 215 Å². The second-order valence-corrected chi connectivity index (χ2v) is 28.4. The van der Waals surface area contributed by atoms with Crippen LogP contribution in [0.4, 0.5) is 0 Å². The van der Waals surface area contributed by atoms with Gasteiger partial charge in [0.05, 0.1) is 11.4 Å². The molecule has 0 aliphatic rings. The van der Waals surface area contributed by atoms with E-state index in [0.29, 0.717) is 22.9 Å². The van der Waals surface area contributed by atoms with Crippen molar-refractivity contribution in [2.24, 2.45) is 0 Å². The molecular weight excluding hydrogens is 1830 g/mol. The molecule has 0 saturated heterocycles. The maximum absolute atomic E-state index is 5.25. The molecule has 0 saturated carbocycles. The fourth-order valence-corrected chi connectivity index (χ4v) is 6.42. The van der Waals surface area contributed by atoms with Crippen molar-refractivity contribution in [2.45, 2.75) is 209 Å². The fourth-order valence-electron chi connectivity index (χ4n) is 6.42. The van der Waals surface area contributed by atoms with Crippen LogP contribution >= 0.6 is 0 Å². The molecule has 492 valence electrons. The van der Waals surface area contributed by atoms with E-state index in [1.165, 1.54) is 17.5 Å². The molecule has 92 heavy (non-hydrogen) atoms. The van der Waals surface area contributed by atoms with Crippen molar-refractivity contribution in [3.8, 4) is 49.4 Å². The first kappa shape index (κ1) is 92.2. The Morgan fingerprint density at radius 2 is 0.870 bits per heavy atom. The zero-order valence-corrected chi connectivity index (χ0v) is 69.6. The van der Waals surface area contributed by atoms with Crippen molar-refractivity contribution in [1.29, 1.82) is 0 Å². The van der Waals surface area contributed by atoms with Crippen molar-refractivity contribution < 1.29 is 81.7 Å². The van der Waals surface area contributed by atoms with Gasteiger partial charge in [-0.2, -0.15) is 42.5 Å². The molecule has 0 amide bonds. The van der Waals surface area contributed by atoms with Gasteiger partial charge in [0.15, 0.2) is 0 Å². The first-order chi connectivity index (χ1) is 40.6. The Morgan fingerprint density at radius 3 is 1.26 bits per heavy atom. The summed E-state index contributed by atoms with van der Waals surface area (Å²) in [6, 6.07) is 25.1. The van der Waals surface area contributed by atoms with E-state index in [9.17, 15) is 0 Å². The summed E-state index contributed by atoms with van der Waals surface area (Å²) in [6.45, 7) is 51.0. The Balaban J connectivity index is -0.000000479. The normalized spacial score (nSPS) is 10.7. The molecule has 0 aromatic carbocycles. The first-order valence-electron chi connectivity index (χ1n) is 29.1. The molecule has 0 atom stereocenters. The Bertz CT molecular complexity index is 3000. The third-order valence-electron chi connectivity index (χ3n) is 12.0. The molecule has 0 bridgehead atoms. The second-order valence-electron chi connectivity index (χ2n) is 28.4. The quantitative estimate of drug-likeness (QED) is 0.105. The summed E-state index contributed by atoms with van der Waals surface area (Å²) in [6.07, 6.45) is 43.9. The van der Waals surface area contributed by atoms with Crippen LogP contribution in [0.5, 0.6) is 0 Å². The number of rotatable bonds is 0. The van der Waals surface area contributed by atoms with Crippen molar-refractivity contribution in [1.82, 2.24) is 59.8 Å². The molecule has 4 radical (unpaired) electrons. The van der Waals surface area contributed by atoms with E-state index in [2.05, 4.69) is 275 Å². The van der Waals surface area contributed by atoms with Gasteiger partial charge in [-0.15, -0.1) is 42.9 Å². The van der Waals surface area contributed by atoms with E-state index in [1.807, 2.05) is 72.8 Å². The molecule has 8 heterocycles. The van der Waals surface area contributed by atoms with Crippen LogP contribution < -0.4 is 0 Å². The zero-order valence-electron chi connectivity index (χ0n) is 58.7. The summed E-state index contributed by atoms with van der Waals surface area (Å²) < 4.78 is 0. The average molecular weight is 1920 g/mol. The first-order valence-corrected chi connectivity index (χ1v) is 29.1. The Morgan fingerprint density at radius 1 is 0.359 bits per heavy atom. The summed E-state index contributed by atoms with van der Waals surface area (Å²) in [4.78, 5) is 48.2. The van der Waals surface area contributed by atoms with Crippen LogP contribution in [0, 0.1) is 74.3 Å². The molecular formula is C76H96N12Re4-4. The summed E-state index contributed by atoms with van der Waals surface area (Å²) in [5.74, 6) is 11.2. The third kappa shape index (κ3) is 38.7. The SMILES string of the molecule is C#Cc1cc(C(C)(C)C)ccn1.C#Cc1cc(C(C)(C)C)ncn1.C#Cc1ccnc(C(C)(C)C)n1.C#Cc1nccc(C(C)(C)C)n1.CC(C)(C)c1[c-]nccc1.CC(C)(C)c1c[c-]ncc1.CC(C)(C)c1ccc[c-]n1.CC(C)(C)c1ccn[c-]n1.[Re].[Re].[Re].[Re]. The summed E-state index contributed by atoms with van der Waals surface area (Å²) in [7, 11) is 0. The van der Waals surface area contributed by atoms with E-state index < -0.39 is 0 Å². The number of terminal acetylenes is 4. The monoisotopic (exact) mass is 1920 g/mol. The van der Waals surface area contributed by atoms with Crippen LogP contribution in [0.15, 0.2) is 122 Å². The van der Waals surface area contributed by atoms with Crippen LogP contribution in [0.25, 0.3) is 0 Å². The molecule has 0 spiro atoms. The number of hydrogen-bond acceptors (Lipinski definition) is 12. The molecule has 0 fully saturated rings. The van der Waals surface area contributed by atoms with Crippen LogP contribution in [0.1, 0.15) is 234 Å². The summed E-state index contributed by atoms with van der Waals surface area (Å²) in [5, 5.41) is 0. The van der Waals surface area contributed by atoms with Crippen molar-refractivity contribution in [2.75, 3.05) is 0 Å².